The molecule has 3 rings (SSSR count). The Morgan fingerprint density at radius 1 is 1.08 bits per heavy atom. The minimum absolute atomic E-state index is 0.225. The van der Waals surface area contributed by atoms with Gasteiger partial charge in [0, 0.05) is 23.3 Å². The van der Waals surface area contributed by atoms with Crippen LogP contribution in [0.5, 0.6) is 0 Å². The van der Waals surface area contributed by atoms with Gasteiger partial charge in [0.25, 0.3) is 5.91 Å². The number of halogens is 2. The fraction of sp³-hybridized carbons (Fsp3) is 0.105. The van der Waals surface area contributed by atoms with Crippen LogP contribution < -0.4 is 10.6 Å². The number of hydrogen-bond donors (Lipinski definition) is 2. The molecule has 0 aliphatic carbocycles. The lowest BCUT2D eigenvalue weighted by atomic mass is 10.1. The van der Waals surface area contributed by atoms with E-state index in [-0.39, 0.29) is 17.4 Å². The average molecular weight is 371 g/mol. The summed E-state index contributed by atoms with van der Waals surface area (Å²) < 4.78 is 13.6. The van der Waals surface area contributed by atoms with Crippen LogP contribution in [0.4, 0.5) is 15.9 Å². The second-order valence-electron chi connectivity index (χ2n) is 5.52. The van der Waals surface area contributed by atoms with Gasteiger partial charge in [0.1, 0.15) is 23.7 Å². The van der Waals surface area contributed by atoms with Gasteiger partial charge in [-0.15, -0.1) is 0 Å². The fourth-order valence-corrected chi connectivity index (χ4v) is 2.46. The Morgan fingerprint density at radius 2 is 1.85 bits per heavy atom. The number of amides is 1. The van der Waals surface area contributed by atoms with E-state index in [0.29, 0.717) is 35.1 Å². The summed E-state index contributed by atoms with van der Waals surface area (Å²) in [5, 5.41) is 6.40. The molecule has 3 aromatic rings. The zero-order chi connectivity index (χ0) is 18.4. The van der Waals surface area contributed by atoms with E-state index < -0.39 is 0 Å². The zero-order valence-electron chi connectivity index (χ0n) is 13.7. The molecule has 2 aromatic carbocycles. The molecule has 0 saturated heterocycles. The minimum atomic E-state index is -0.355. The van der Waals surface area contributed by atoms with E-state index in [1.807, 2.05) is 0 Å². The van der Waals surface area contributed by atoms with Crippen LogP contribution in [0.3, 0.4) is 0 Å². The predicted molar refractivity (Wildman–Crippen MR) is 100 cm³/mol. The monoisotopic (exact) mass is 370 g/mol. The van der Waals surface area contributed by atoms with Gasteiger partial charge in [0.15, 0.2) is 0 Å². The lowest BCUT2D eigenvalue weighted by Gasteiger charge is -2.08. The Morgan fingerprint density at radius 3 is 2.62 bits per heavy atom. The van der Waals surface area contributed by atoms with Crippen molar-refractivity contribution in [3.63, 3.8) is 0 Å². The van der Waals surface area contributed by atoms with E-state index in [1.54, 1.807) is 48.5 Å². The smallest absolute Gasteiger partial charge is 0.274 e. The highest BCUT2D eigenvalue weighted by Gasteiger charge is 2.09. The van der Waals surface area contributed by atoms with Crippen LogP contribution in [0.15, 0.2) is 60.9 Å². The second-order valence-corrected chi connectivity index (χ2v) is 5.95. The van der Waals surface area contributed by atoms with Crippen LogP contribution in [0, 0.1) is 5.82 Å². The van der Waals surface area contributed by atoms with Gasteiger partial charge < -0.3 is 10.6 Å². The van der Waals surface area contributed by atoms with Crippen molar-refractivity contribution in [2.75, 3.05) is 17.2 Å². The molecule has 0 fully saturated rings. The molecular formula is C19H16ClFN4O. The maximum absolute atomic E-state index is 13.6. The van der Waals surface area contributed by atoms with E-state index in [1.165, 1.54) is 12.4 Å². The van der Waals surface area contributed by atoms with Crippen molar-refractivity contribution in [2.24, 2.45) is 0 Å². The first-order valence-corrected chi connectivity index (χ1v) is 8.36. The van der Waals surface area contributed by atoms with Gasteiger partial charge in [-0.05, 0) is 42.3 Å². The number of nitrogens with one attached hydrogen (secondary N) is 2. The highest BCUT2D eigenvalue weighted by Crippen LogP contribution is 2.15. The number of carbonyl (C=O) groups is 1. The number of hydrogen-bond acceptors (Lipinski definition) is 4. The zero-order valence-corrected chi connectivity index (χ0v) is 14.5. The van der Waals surface area contributed by atoms with E-state index in [2.05, 4.69) is 20.6 Å². The van der Waals surface area contributed by atoms with Gasteiger partial charge in [0.05, 0.1) is 0 Å². The number of carbonyl (C=O) groups excluding carboxylic acids is 1. The summed E-state index contributed by atoms with van der Waals surface area (Å²) in [5.41, 5.74) is 1.46. The van der Waals surface area contributed by atoms with Gasteiger partial charge in [-0.2, -0.15) is 0 Å². The SMILES string of the molecule is O=C(Nc1ccc(Cl)cc1)c1cc(NCCc2ccccc2F)ncn1. The first kappa shape index (κ1) is 17.8. The van der Waals surface area contributed by atoms with E-state index in [4.69, 9.17) is 11.6 Å². The summed E-state index contributed by atoms with van der Waals surface area (Å²) in [6.45, 7) is 0.482. The fourth-order valence-electron chi connectivity index (χ4n) is 2.33. The molecule has 0 saturated carbocycles. The summed E-state index contributed by atoms with van der Waals surface area (Å²) in [7, 11) is 0. The average Bonchev–Trinajstić information content (AvgIpc) is 2.65. The quantitative estimate of drug-likeness (QED) is 0.683. The first-order valence-electron chi connectivity index (χ1n) is 7.98. The van der Waals surface area contributed by atoms with Crippen molar-refractivity contribution in [1.82, 2.24) is 9.97 Å². The van der Waals surface area contributed by atoms with Crippen LogP contribution in [0.2, 0.25) is 5.02 Å². The molecule has 7 heteroatoms. The highest BCUT2D eigenvalue weighted by molar-refractivity contribution is 6.30. The molecule has 0 atom stereocenters. The molecule has 1 aromatic heterocycles. The third kappa shape index (κ3) is 4.77. The number of rotatable bonds is 6. The van der Waals surface area contributed by atoms with Gasteiger partial charge in [-0.1, -0.05) is 29.8 Å². The predicted octanol–water partition coefficient (Wildman–Crippen LogP) is 4.18. The molecule has 1 amide bonds. The molecule has 0 unspecified atom stereocenters. The molecule has 0 aliphatic rings. The molecule has 132 valence electrons. The minimum Gasteiger partial charge on any atom is -0.370 e. The van der Waals surface area contributed by atoms with Gasteiger partial charge in [-0.25, -0.2) is 14.4 Å². The number of nitrogens with zero attached hydrogens (tertiary/aromatic N) is 2. The largest absolute Gasteiger partial charge is 0.370 e. The lowest BCUT2D eigenvalue weighted by molar-refractivity contribution is 0.102. The number of anilines is 2. The number of aromatic nitrogens is 2. The lowest BCUT2D eigenvalue weighted by Crippen LogP contribution is -2.15. The number of benzene rings is 2. The van der Waals surface area contributed by atoms with Crippen molar-refractivity contribution < 1.29 is 9.18 Å². The molecule has 0 radical (unpaired) electrons. The van der Waals surface area contributed by atoms with Crippen LogP contribution in [0.25, 0.3) is 0 Å². The Hall–Kier alpha value is -2.99. The summed E-state index contributed by atoms with van der Waals surface area (Å²) in [6.07, 6.45) is 1.81. The molecule has 5 nitrogen and oxygen atoms in total. The van der Waals surface area contributed by atoms with Crippen LogP contribution in [-0.2, 0) is 6.42 Å². The molecular weight excluding hydrogens is 355 g/mol. The van der Waals surface area contributed by atoms with Crippen molar-refractivity contribution >= 4 is 29.0 Å². The van der Waals surface area contributed by atoms with Crippen molar-refractivity contribution in [2.45, 2.75) is 6.42 Å². The van der Waals surface area contributed by atoms with E-state index >= 15 is 0 Å². The van der Waals surface area contributed by atoms with Crippen molar-refractivity contribution in [1.29, 1.82) is 0 Å². The van der Waals surface area contributed by atoms with Crippen LogP contribution in [-0.4, -0.2) is 22.4 Å². The summed E-state index contributed by atoms with van der Waals surface area (Å²) in [5.74, 6) is -0.0931. The first-order chi connectivity index (χ1) is 12.6. The Kier molecular flexibility index (Phi) is 5.76. The third-order valence-corrected chi connectivity index (χ3v) is 3.91. The Labute approximate surface area is 155 Å². The van der Waals surface area contributed by atoms with E-state index in [0.717, 1.165) is 0 Å². The molecule has 0 bridgehead atoms. The maximum atomic E-state index is 13.6. The van der Waals surface area contributed by atoms with Gasteiger partial charge >= 0.3 is 0 Å². The molecule has 0 aliphatic heterocycles. The van der Waals surface area contributed by atoms with Crippen molar-refractivity contribution in [3.8, 4) is 0 Å². The van der Waals surface area contributed by atoms with Gasteiger partial charge in [0.2, 0.25) is 0 Å². The summed E-state index contributed by atoms with van der Waals surface area (Å²) >= 11 is 5.82. The second kappa shape index (κ2) is 8.40. The molecule has 0 spiro atoms. The maximum Gasteiger partial charge on any atom is 0.274 e. The van der Waals surface area contributed by atoms with E-state index in [9.17, 15) is 9.18 Å². The van der Waals surface area contributed by atoms with Gasteiger partial charge in [-0.3, -0.25) is 4.79 Å². The highest BCUT2D eigenvalue weighted by atomic mass is 35.5. The summed E-state index contributed by atoms with van der Waals surface area (Å²) in [6, 6.07) is 14.9. The topological polar surface area (TPSA) is 66.9 Å². The Bertz CT molecular complexity index is 902. The van der Waals surface area contributed by atoms with Crippen molar-refractivity contribution in [3.05, 3.63) is 83.0 Å². The van der Waals surface area contributed by atoms with Crippen LogP contribution in [0.1, 0.15) is 16.1 Å². The third-order valence-electron chi connectivity index (χ3n) is 3.66. The van der Waals surface area contributed by atoms with Crippen LogP contribution >= 0.6 is 11.6 Å². The standard InChI is InChI=1S/C19H16ClFN4O/c20-14-5-7-15(8-6-14)25-19(26)17-11-18(24-12-23-17)22-10-9-13-3-1-2-4-16(13)21/h1-8,11-12H,9-10H2,(H,25,26)(H,22,23,24). The summed E-state index contributed by atoms with van der Waals surface area (Å²) in [4.78, 5) is 20.3. The normalized spacial score (nSPS) is 10.4. The molecule has 26 heavy (non-hydrogen) atoms. The Balaban J connectivity index is 1.59. The molecule has 2 N–H and O–H groups in total. The molecule has 1 heterocycles.